The van der Waals surface area contributed by atoms with Gasteiger partial charge in [-0.3, -0.25) is 4.79 Å². The highest BCUT2D eigenvalue weighted by Gasteiger charge is 2.15. The van der Waals surface area contributed by atoms with Crippen LogP contribution < -0.4 is 0 Å². The van der Waals surface area contributed by atoms with Crippen LogP contribution in [0.1, 0.15) is 10.4 Å². The van der Waals surface area contributed by atoms with Gasteiger partial charge >= 0.3 is 0 Å². The van der Waals surface area contributed by atoms with Gasteiger partial charge in [-0.15, -0.1) is 15.3 Å². The van der Waals surface area contributed by atoms with Crippen LogP contribution in [0.5, 0.6) is 0 Å². The Morgan fingerprint density at radius 3 is 2.62 bits per heavy atom. The summed E-state index contributed by atoms with van der Waals surface area (Å²) in [6, 6.07) is 14.0. The van der Waals surface area contributed by atoms with Gasteiger partial charge in [-0.05, 0) is 52.0 Å². The third kappa shape index (κ3) is 3.20. The fourth-order valence-electron chi connectivity index (χ4n) is 2.41. The Balaban J connectivity index is 1.59. The number of ketones is 1. The van der Waals surface area contributed by atoms with Gasteiger partial charge in [0.1, 0.15) is 12.9 Å². The summed E-state index contributed by atoms with van der Waals surface area (Å²) in [4.78, 5) is 13.6. The Labute approximate surface area is 152 Å². The van der Waals surface area contributed by atoms with Crippen LogP contribution in [0.15, 0.2) is 54.9 Å². The van der Waals surface area contributed by atoms with Crippen molar-refractivity contribution in [1.82, 2.24) is 40.4 Å². The Morgan fingerprint density at radius 1 is 1.04 bits per heavy atom. The SMILES string of the molecule is O=C(Cn1nnc(-c2ccccc2-n2cnnn2)n1)c1ccc(Cl)cc1. The highest BCUT2D eigenvalue weighted by molar-refractivity contribution is 6.30. The van der Waals surface area contributed by atoms with Crippen LogP contribution in [0.2, 0.25) is 5.02 Å². The van der Waals surface area contributed by atoms with Gasteiger partial charge in [0.2, 0.25) is 5.82 Å². The van der Waals surface area contributed by atoms with Gasteiger partial charge in [0, 0.05) is 16.1 Å². The maximum absolute atomic E-state index is 12.3. The van der Waals surface area contributed by atoms with E-state index in [1.54, 1.807) is 24.3 Å². The third-order valence-corrected chi connectivity index (χ3v) is 3.90. The second-order valence-electron chi connectivity index (χ2n) is 5.35. The maximum Gasteiger partial charge on any atom is 0.207 e. The van der Waals surface area contributed by atoms with Gasteiger partial charge in [0.05, 0.1) is 5.69 Å². The molecule has 2 aromatic heterocycles. The van der Waals surface area contributed by atoms with Crippen LogP contribution in [-0.4, -0.2) is 46.2 Å². The Morgan fingerprint density at radius 2 is 1.85 bits per heavy atom. The van der Waals surface area contributed by atoms with Crippen molar-refractivity contribution in [3.05, 3.63) is 65.4 Å². The summed E-state index contributed by atoms with van der Waals surface area (Å²) in [7, 11) is 0. The van der Waals surface area contributed by atoms with Crippen LogP contribution in [-0.2, 0) is 6.54 Å². The molecule has 0 saturated heterocycles. The van der Waals surface area contributed by atoms with Crippen molar-refractivity contribution in [3.63, 3.8) is 0 Å². The average Bonchev–Trinajstić information content (AvgIpc) is 3.34. The van der Waals surface area contributed by atoms with E-state index in [-0.39, 0.29) is 12.3 Å². The first kappa shape index (κ1) is 16.0. The number of tetrazole rings is 2. The molecule has 0 saturated carbocycles. The van der Waals surface area contributed by atoms with Crippen molar-refractivity contribution in [2.24, 2.45) is 0 Å². The molecule has 26 heavy (non-hydrogen) atoms. The van der Waals surface area contributed by atoms with Crippen molar-refractivity contribution in [3.8, 4) is 17.1 Å². The molecule has 2 aromatic carbocycles. The number of halogens is 1. The molecule has 0 aliphatic rings. The Bertz CT molecular complexity index is 1040. The lowest BCUT2D eigenvalue weighted by Crippen LogP contribution is -2.13. The number of hydrogen-bond acceptors (Lipinski definition) is 7. The molecule has 9 nitrogen and oxygen atoms in total. The fourth-order valence-corrected chi connectivity index (χ4v) is 2.53. The molecular formula is C16H11ClN8O. The average molecular weight is 367 g/mol. The highest BCUT2D eigenvalue weighted by atomic mass is 35.5. The molecule has 0 N–H and O–H groups in total. The summed E-state index contributed by atoms with van der Waals surface area (Å²) in [6.07, 6.45) is 1.48. The molecule has 0 amide bonds. The van der Waals surface area contributed by atoms with Gasteiger partial charge < -0.3 is 0 Å². The lowest BCUT2D eigenvalue weighted by molar-refractivity contribution is 0.0961. The molecule has 0 aliphatic carbocycles. The normalized spacial score (nSPS) is 10.8. The van der Waals surface area contributed by atoms with Crippen LogP contribution in [0, 0.1) is 0 Å². The quantitative estimate of drug-likeness (QED) is 0.496. The van der Waals surface area contributed by atoms with Crippen molar-refractivity contribution in [2.45, 2.75) is 6.54 Å². The van der Waals surface area contributed by atoms with E-state index in [4.69, 9.17) is 11.6 Å². The Hall–Kier alpha value is -3.46. The molecule has 4 aromatic rings. The second kappa shape index (κ2) is 6.81. The van der Waals surface area contributed by atoms with E-state index in [9.17, 15) is 4.79 Å². The largest absolute Gasteiger partial charge is 0.292 e. The first-order valence-electron chi connectivity index (χ1n) is 7.60. The van der Waals surface area contributed by atoms with E-state index in [0.717, 1.165) is 0 Å². The first-order valence-corrected chi connectivity index (χ1v) is 7.98. The number of benzene rings is 2. The summed E-state index contributed by atoms with van der Waals surface area (Å²) in [5.74, 6) is 0.236. The highest BCUT2D eigenvalue weighted by Crippen LogP contribution is 2.22. The molecule has 128 valence electrons. The number of carbonyl (C=O) groups is 1. The van der Waals surface area contributed by atoms with Crippen molar-refractivity contribution < 1.29 is 4.79 Å². The number of aromatic nitrogens is 8. The summed E-state index contributed by atoms with van der Waals surface area (Å²) in [6.45, 7) is -0.0261. The molecule has 0 aliphatic heterocycles. The molecule has 0 unspecified atom stereocenters. The van der Waals surface area contributed by atoms with Gasteiger partial charge in [0.25, 0.3) is 0 Å². The van der Waals surface area contributed by atoms with Crippen molar-refractivity contribution in [2.75, 3.05) is 0 Å². The minimum Gasteiger partial charge on any atom is -0.292 e. The number of rotatable bonds is 5. The molecule has 0 radical (unpaired) electrons. The van der Waals surface area contributed by atoms with Crippen LogP contribution >= 0.6 is 11.6 Å². The zero-order chi connectivity index (χ0) is 17.9. The molecule has 0 bridgehead atoms. The summed E-state index contributed by atoms with van der Waals surface area (Å²) < 4.78 is 1.51. The number of Topliss-reactive ketones (excluding diaryl/α,β-unsaturated/α-hetero) is 1. The summed E-state index contributed by atoms with van der Waals surface area (Å²) in [5, 5.41) is 24.0. The van der Waals surface area contributed by atoms with Gasteiger partial charge in [-0.25, -0.2) is 0 Å². The minimum absolute atomic E-state index is 0.0261. The van der Waals surface area contributed by atoms with Crippen molar-refractivity contribution in [1.29, 1.82) is 0 Å². The van der Waals surface area contributed by atoms with E-state index >= 15 is 0 Å². The summed E-state index contributed by atoms with van der Waals surface area (Å²) in [5.41, 5.74) is 1.94. The van der Waals surface area contributed by atoms with Gasteiger partial charge in [-0.2, -0.15) is 9.48 Å². The number of nitrogens with zero attached hydrogens (tertiary/aromatic N) is 8. The number of hydrogen-bond donors (Lipinski definition) is 0. The molecule has 0 fully saturated rings. The van der Waals surface area contributed by atoms with Crippen LogP contribution in [0.25, 0.3) is 17.1 Å². The van der Waals surface area contributed by atoms with Crippen LogP contribution in [0.3, 0.4) is 0 Å². The number of para-hydroxylation sites is 1. The fraction of sp³-hybridized carbons (Fsp3) is 0.0625. The predicted octanol–water partition coefficient (Wildman–Crippen LogP) is 1.85. The Kier molecular flexibility index (Phi) is 4.20. The van der Waals surface area contributed by atoms with E-state index < -0.39 is 0 Å². The third-order valence-electron chi connectivity index (χ3n) is 3.64. The maximum atomic E-state index is 12.3. The molecule has 0 spiro atoms. The van der Waals surface area contributed by atoms with Gasteiger partial charge in [0.15, 0.2) is 5.78 Å². The topological polar surface area (TPSA) is 104 Å². The molecule has 4 rings (SSSR count). The molecular weight excluding hydrogens is 356 g/mol. The van der Waals surface area contributed by atoms with E-state index in [2.05, 4.69) is 30.9 Å². The van der Waals surface area contributed by atoms with Crippen LogP contribution in [0.4, 0.5) is 0 Å². The lowest BCUT2D eigenvalue weighted by atomic mass is 10.1. The van der Waals surface area contributed by atoms with Crippen molar-refractivity contribution >= 4 is 17.4 Å². The number of carbonyl (C=O) groups excluding carboxylic acids is 1. The summed E-state index contributed by atoms with van der Waals surface area (Å²) >= 11 is 5.84. The lowest BCUT2D eigenvalue weighted by Gasteiger charge is -2.04. The molecule has 2 heterocycles. The predicted molar refractivity (Wildman–Crippen MR) is 91.7 cm³/mol. The standard InChI is InChI=1S/C16H11ClN8O/c17-12-7-5-11(6-8-12)15(26)9-25-20-16(19-22-25)13-3-1-2-4-14(13)24-10-18-21-23-24/h1-8,10H,9H2. The smallest absolute Gasteiger partial charge is 0.207 e. The van der Waals surface area contributed by atoms with E-state index in [1.807, 2.05) is 24.3 Å². The second-order valence-corrected chi connectivity index (χ2v) is 5.78. The minimum atomic E-state index is -0.139. The zero-order valence-electron chi connectivity index (χ0n) is 13.3. The first-order chi connectivity index (χ1) is 12.7. The van der Waals surface area contributed by atoms with E-state index in [0.29, 0.717) is 27.7 Å². The zero-order valence-corrected chi connectivity index (χ0v) is 14.0. The van der Waals surface area contributed by atoms with E-state index in [1.165, 1.54) is 15.8 Å². The van der Waals surface area contributed by atoms with Gasteiger partial charge in [-0.1, -0.05) is 23.7 Å². The molecule has 0 atom stereocenters. The monoisotopic (exact) mass is 366 g/mol. The molecule has 10 heteroatoms.